The Bertz CT molecular complexity index is 6820. The Morgan fingerprint density at radius 1 is 0.440 bits per heavy atom. The molecule has 0 atom stereocenters. The normalized spacial score (nSPS) is 14.1. The maximum absolute atomic E-state index is 13.2. The Kier molecular flexibility index (Phi) is 34.1. The van der Waals surface area contributed by atoms with Gasteiger partial charge in [-0.05, 0) is 216 Å². The van der Waals surface area contributed by atoms with Crippen LogP contribution < -0.4 is 21.6 Å². The number of piperidine rings is 1. The molecule has 134 heavy (non-hydrogen) atoms. The van der Waals surface area contributed by atoms with E-state index in [1.807, 2.05) is 109 Å². The van der Waals surface area contributed by atoms with E-state index in [4.69, 9.17) is 130 Å². The molecule has 39 heteroatoms. The van der Waals surface area contributed by atoms with Crippen molar-refractivity contribution in [1.29, 1.82) is 5.26 Å². The number of amides is 4. The van der Waals surface area contributed by atoms with E-state index in [1.165, 1.54) is 19.1 Å². The van der Waals surface area contributed by atoms with Gasteiger partial charge in [-0.15, -0.1) is 0 Å². The number of hydrogen-bond donors (Lipinski definition) is 4. The highest BCUT2D eigenvalue weighted by Crippen LogP contribution is 2.44. The summed E-state index contributed by atoms with van der Waals surface area (Å²) in [5.74, 6) is 10.0. The second-order valence-electron chi connectivity index (χ2n) is 30.1. The topological polar surface area (TPSA) is 286 Å². The Hall–Kier alpha value is -11.9. The van der Waals surface area contributed by atoms with Crippen molar-refractivity contribution in [2.24, 2.45) is 0 Å². The molecule has 0 bridgehead atoms. The standard InChI is InChI=1S/C27H22Cl2N6O.C26H20Cl2N6O2.C21H16Cl2IN5O3S.C21H15Cl2IN4O/c1-30-15-5-4-8-19-9-11-20(12-10-19)26-24(31-2)25(27(36)33-34-16-6-3-7-17-34)32-35(26)23-14-13-21(28)18-22(23)29;1-29-12-4-3-5-18-6-8-19(9-7-18)25-23(30-2)24(26(35)32-33-13-15-36-16-14-33)31-34(25)22-11-10-20(27)17-21(22)28;1-25-18-19(21(30)27-28-8-10-33(31,32)11-9-28)26-29(17-7-4-14(22)12-16(17)23)20(18)13-2-5-15(24)6-3-13;1-12-18(20(29)26-21(11-25)8-9-21)27-28(17-7-4-14(22)10-16(17)23)19(12)13-2-5-15(24)6-3-13/h9-14,18H,3,5-7,15-17H2,(H,33,36);6-11,17H,4,12-16H2,(H,32,35);2-7,12H,8-11H2,(H,27,30);2-7,10H,8-9H2,1H3,(H,26,29). The quantitative estimate of drug-likeness (QED) is 0.0269. The smallest absolute Gasteiger partial charge is 0.275 e. The average molecular weight is 2190 g/mol. The van der Waals surface area contributed by atoms with E-state index < -0.39 is 33.1 Å². The summed E-state index contributed by atoms with van der Waals surface area (Å²) in [7, 11) is -3.10. The zero-order valence-corrected chi connectivity index (χ0v) is 81.9. The van der Waals surface area contributed by atoms with E-state index in [0.29, 0.717) is 167 Å². The van der Waals surface area contributed by atoms with E-state index >= 15 is 0 Å². The van der Waals surface area contributed by atoms with Crippen LogP contribution in [0.2, 0.25) is 40.2 Å². The highest BCUT2D eigenvalue weighted by atomic mass is 127. The number of carbonyl (C=O) groups is 4. The van der Waals surface area contributed by atoms with Gasteiger partial charge in [-0.3, -0.25) is 35.5 Å². The van der Waals surface area contributed by atoms with Crippen LogP contribution in [0.25, 0.3) is 92.0 Å². The average Bonchev–Trinajstić information content (AvgIpc) is 1.62. The maximum atomic E-state index is 13.2. The molecule has 16 rings (SSSR count). The van der Waals surface area contributed by atoms with Gasteiger partial charge in [0.25, 0.3) is 23.6 Å². The first kappa shape index (κ1) is 99.6. The number of morpholine rings is 1. The number of aromatic nitrogens is 8. The summed E-state index contributed by atoms with van der Waals surface area (Å²) >= 11 is 54.6. The predicted octanol–water partition coefficient (Wildman–Crippen LogP) is 21.1. The fourth-order valence-electron chi connectivity index (χ4n) is 14.1. The predicted molar refractivity (Wildman–Crippen MR) is 536 cm³/mol. The molecule has 1 aliphatic carbocycles. The molecule has 0 unspecified atom stereocenters. The first-order chi connectivity index (χ1) is 64.5. The molecule has 12 aromatic rings. The third kappa shape index (κ3) is 24.6. The van der Waals surface area contributed by atoms with Gasteiger partial charge in [0.15, 0.2) is 32.6 Å². The minimum atomic E-state index is -3.10. The first-order valence-electron chi connectivity index (χ1n) is 41.0. The number of nitrogens with zero attached hydrogens (tertiary/aromatic N) is 17. The van der Waals surface area contributed by atoms with Gasteiger partial charge in [0, 0.05) is 88.8 Å². The number of carbonyl (C=O) groups excluding carboxylic acids is 4. The van der Waals surface area contributed by atoms with Gasteiger partial charge in [0.1, 0.15) is 5.54 Å². The minimum Gasteiger partial charge on any atom is -0.379 e. The Morgan fingerprint density at radius 3 is 1.09 bits per heavy atom. The second kappa shape index (κ2) is 45.9. The number of sulfone groups is 1. The summed E-state index contributed by atoms with van der Waals surface area (Å²) in [6.45, 7) is 43.7. The van der Waals surface area contributed by atoms with Crippen LogP contribution in [0.4, 0.5) is 17.1 Å². The summed E-state index contributed by atoms with van der Waals surface area (Å²) in [5.41, 5.74) is 17.4. The van der Waals surface area contributed by atoms with Crippen LogP contribution >= 0.6 is 138 Å². The lowest BCUT2D eigenvalue weighted by Gasteiger charge is -2.26. The fraction of sp³-hybridized carbons (Fsp3) is 0.221. The number of halogens is 10. The van der Waals surface area contributed by atoms with Crippen LogP contribution in [0.15, 0.2) is 170 Å². The van der Waals surface area contributed by atoms with Crippen molar-refractivity contribution in [3.63, 3.8) is 0 Å². The molecule has 28 nitrogen and oxygen atoms in total. The minimum absolute atomic E-state index is 0.0134. The molecule has 7 heterocycles. The highest BCUT2D eigenvalue weighted by molar-refractivity contribution is 14.1. The molecule has 676 valence electrons. The number of nitriles is 1. The number of nitrogens with one attached hydrogen (secondary N) is 4. The van der Waals surface area contributed by atoms with Gasteiger partial charge in [0.05, 0.1) is 129 Å². The van der Waals surface area contributed by atoms with Crippen LogP contribution in [0.5, 0.6) is 0 Å². The fourth-order valence-corrected chi connectivity index (χ4v) is 18.0. The Labute approximate surface area is 839 Å². The Morgan fingerprint density at radius 2 is 0.761 bits per heavy atom. The zero-order valence-electron chi connectivity index (χ0n) is 70.7. The lowest BCUT2D eigenvalue weighted by Crippen LogP contribution is -2.50. The molecule has 4 amide bonds. The molecule has 3 aliphatic heterocycles. The SMILES string of the molecule is Cc1c(C(=O)NC2(C#N)CC2)nn(-c2ccc(Cl)cc2Cl)c1-c1ccc(I)cc1.[C-]#[N+]CCC#Cc1ccc(-c2c([N+]#[C-])c(C(=O)NN3CCCCC3)nn2-c2ccc(Cl)cc2Cl)cc1.[C-]#[N+]CCC#Cc1ccc(-c2c([N+]#[C-])c(C(=O)NN3CCOCC3)nn2-c2ccc(Cl)cc2Cl)cc1.[C-]#[N+]c1c(C(=O)NN2CCS(=O)(=O)CC2)nn(-c2ccc(Cl)cc2Cl)c1-c1ccc(I)cc1. The van der Waals surface area contributed by atoms with Crippen molar-refractivity contribution in [2.45, 2.75) is 57.4 Å². The van der Waals surface area contributed by atoms with Crippen LogP contribution in [-0.2, 0) is 14.6 Å². The summed E-state index contributed by atoms with van der Waals surface area (Å²) in [6, 6.07) is 52.1. The van der Waals surface area contributed by atoms with Gasteiger partial charge in [-0.1, -0.05) is 171 Å². The van der Waals surface area contributed by atoms with Crippen molar-refractivity contribution in [3.8, 4) is 97.5 Å². The van der Waals surface area contributed by atoms with Crippen LogP contribution in [-0.4, -0.2) is 169 Å². The number of hydrazine groups is 3. The van der Waals surface area contributed by atoms with Crippen molar-refractivity contribution in [1.82, 2.24) is 75.7 Å². The first-order valence-corrected chi connectivity index (χ1v) is 48.0. The summed E-state index contributed by atoms with van der Waals surface area (Å²) in [4.78, 5) is 70.0. The van der Waals surface area contributed by atoms with Crippen LogP contribution in [0, 0.1) is 81.9 Å². The molecule has 4 fully saturated rings. The third-order valence-corrected chi connectivity index (χ3v) is 26.2. The lowest BCUT2D eigenvalue weighted by molar-refractivity contribution is 0.0124. The molecule has 1 saturated carbocycles. The highest BCUT2D eigenvalue weighted by Gasteiger charge is 2.46. The number of hydrogen-bond acceptors (Lipinski definition) is 15. The molecule has 4 aromatic heterocycles. The van der Waals surface area contributed by atoms with Crippen molar-refractivity contribution >= 4 is 189 Å². The monoisotopic (exact) mass is 2190 g/mol. The summed E-state index contributed by atoms with van der Waals surface area (Å²) in [6.07, 6.45) is 5.45. The number of benzene rings is 8. The van der Waals surface area contributed by atoms with Gasteiger partial charge < -0.3 is 19.7 Å². The largest absolute Gasteiger partial charge is 0.379 e. The molecular formula is C95H73Cl8I2N21O7S. The molecule has 0 spiro atoms. The van der Waals surface area contributed by atoms with E-state index in [2.05, 4.69) is 141 Å². The number of ether oxygens (including phenoxy) is 1. The molecular weight excluding hydrogens is 2120 g/mol. The van der Waals surface area contributed by atoms with Gasteiger partial charge in [-0.2, -0.15) is 25.7 Å². The maximum Gasteiger partial charge on any atom is 0.275 e. The van der Waals surface area contributed by atoms with E-state index in [0.717, 1.165) is 61.9 Å². The second-order valence-corrected chi connectivity index (χ2v) is 38.3. The van der Waals surface area contributed by atoms with Crippen LogP contribution in [0.1, 0.15) is 104 Å². The van der Waals surface area contributed by atoms with Gasteiger partial charge in [-0.25, -0.2) is 69.9 Å². The van der Waals surface area contributed by atoms with Gasteiger partial charge in [0.2, 0.25) is 30.2 Å². The van der Waals surface area contributed by atoms with Crippen molar-refractivity contribution < 1.29 is 32.3 Å². The molecule has 0 radical (unpaired) electrons. The van der Waals surface area contributed by atoms with Gasteiger partial charge >= 0.3 is 0 Å². The number of rotatable bonds is 18. The van der Waals surface area contributed by atoms with Crippen molar-refractivity contribution in [3.05, 3.63) is 314 Å². The molecule has 4 aliphatic rings. The summed E-state index contributed by atoms with van der Waals surface area (Å²) < 4.78 is 36.9. The van der Waals surface area contributed by atoms with Crippen LogP contribution in [0.3, 0.4) is 0 Å². The third-order valence-electron chi connectivity index (χ3n) is 21.0. The van der Waals surface area contributed by atoms with E-state index in [1.54, 1.807) is 82.5 Å². The molecule has 8 aromatic carbocycles. The van der Waals surface area contributed by atoms with E-state index in [9.17, 15) is 32.9 Å². The van der Waals surface area contributed by atoms with E-state index in [-0.39, 0.29) is 70.3 Å². The summed E-state index contributed by atoms with van der Waals surface area (Å²) in [5, 5.41) is 38.6. The molecule has 4 N–H and O–H groups in total. The zero-order chi connectivity index (χ0) is 95.5. The molecule has 3 saturated heterocycles. The Balaban J connectivity index is 0.000000152. The van der Waals surface area contributed by atoms with Crippen molar-refractivity contribution in [2.75, 3.05) is 77.1 Å². The lowest BCUT2D eigenvalue weighted by atomic mass is 10.1.